The van der Waals surface area contributed by atoms with Gasteiger partial charge in [0.2, 0.25) is 0 Å². The minimum atomic E-state index is -0.762. The van der Waals surface area contributed by atoms with Gasteiger partial charge in [-0.3, -0.25) is 4.79 Å². The summed E-state index contributed by atoms with van der Waals surface area (Å²) in [5.74, 6) is -0.762. The maximum atomic E-state index is 11.7. The number of anilines is 1. The van der Waals surface area contributed by atoms with E-state index in [1.807, 2.05) is 6.07 Å². The standard InChI is InChI=1S/C14H18ClIN2O3/c15-11-9-10(16)6-7-12(11)18-14(21)17-8-4-2-1-3-5-13(19)20/h6-7,9H,1-5,8H2,(H,19,20)(H2,17,18,21). The molecule has 1 aromatic rings. The summed E-state index contributed by atoms with van der Waals surface area (Å²) in [5.41, 5.74) is 0.580. The van der Waals surface area contributed by atoms with Crippen molar-refractivity contribution in [1.29, 1.82) is 0 Å². The number of benzene rings is 1. The molecule has 0 unspecified atom stereocenters. The number of urea groups is 1. The summed E-state index contributed by atoms with van der Waals surface area (Å²) in [5, 5.41) is 14.4. The van der Waals surface area contributed by atoms with E-state index in [0.29, 0.717) is 23.7 Å². The SMILES string of the molecule is O=C(O)CCCCCCNC(=O)Nc1ccc(I)cc1Cl. The molecule has 0 bridgehead atoms. The van der Waals surface area contributed by atoms with E-state index in [1.165, 1.54) is 0 Å². The van der Waals surface area contributed by atoms with Crippen LogP contribution in [0.5, 0.6) is 0 Å². The molecule has 0 saturated carbocycles. The number of carboxylic acid groups (broad SMARTS) is 1. The molecule has 0 atom stereocenters. The zero-order chi connectivity index (χ0) is 15.7. The van der Waals surface area contributed by atoms with E-state index < -0.39 is 5.97 Å². The van der Waals surface area contributed by atoms with Crippen LogP contribution in [0.1, 0.15) is 32.1 Å². The fraction of sp³-hybridized carbons (Fsp3) is 0.429. The Hall–Kier alpha value is -1.02. The molecular formula is C14H18ClIN2O3. The molecule has 1 rings (SSSR count). The van der Waals surface area contributed by atoms with Gasteiger partial charge in [0.1, 0.15) is 0 Å². The molecule has 0 heterocycles. The molecule has 0 spiro atoms. The van der Waals surface area contributed by atoms with Crippen LogP contribution in [0.15, 0.2) is 18.2 Å². The minimum absolute atomic E-state index is 0.208. The van der Waals surface area contributed by atoms with Crippen molar-refractivity contribution >= 4 is 51.9 Å². The van der Waals surface area contributed by atoms with E-state index in [0.717, 1.165) is 22.8 Å². The first-order chi connectivity index (χ1) is 9.99. The molecule has 1 aromatic carbocycles. The molecule has 0 fully saturated rings. The first-order valence-corrected chi connectivity index (χ1v) is 8.16. The van der Waals surface area contributed by atoms with Crippen molar-refractivity contribution in [2.45, 2.75) is 32.1 Å². The number of carbonyl (C=O) groups is 2. The van der Waals surface area contributed by atoms with Crippen molar-refractivity contribution in [3.63, 3.8) is 0 Å². The lowest BCUT2D eigenvalue weighted by atomic mass is 10.1. The molecule has 116 valence electrons. The lowest BCUT2D eigenvalue weighted by molar-refractivity contribution is -0.137. The van der Waals surface area contributed by atoms with Gasteiger partial charge in [-0.25, -0.2) is 4.79 Å². The van der Waals surface area contributed by atoms with Crippen LogP contribution in [0.2, 0.25) is 5.02 Å². The maximum absolute atomic E-state index is 11.7. The molecular weight excluding hydrogens is 407 g/mol. The lowest BCUT2D eigenvalue weighted by Gasteiger charge is -2.09. The van der Waals surface area contributed by atoms with Crippen LogP contribution in [0.4, 0.5) is 10.5 Å². The third-order valence-corrected chi connectivity index (χ3v) is 3.77. The number of amides is 2. The zero-order valence-electron chi connectivity index (χ0n) is 11.5. The van der Waals surface area contributed by atoms with Crippen molar-refractivity contribution in [2.24, 2.45) is 0 Å². The predicted octanol–water partition coefficient (Wildman–Crippen LogP) is 4.10. The van der Waals surface area contributed by atoms with Crippen molar-refractivity contribution in [1.82, 2.24) is 5.32 Å². The van der Waals surface area contributed by atoms with E-state index in [-0.39, 0.29) is 12.5 Å². The first kappa shape index (κ1) is 18.0. The largest absolute Gasteiger partial charge is 0.481 e. The summed E-state index contributed by atoms with van der Waals surface area (Å²) in [4.78, 5) is 22.0. The highest BCUT2D eigenvalue weighted by molar-refractivity contribution is 14.1. The molecule has 0 aliphatic rings. The maximum Gasteiger partial charge on any atom is 0.319 e. The van der Waals surface area contributed by atoms with Gasteiger partial charge >= 0.3 is 12.0 Å². The van der Waals surface area contributed by atoms with Gasteiger partial charge in [0.25, 0.3) is 0 Å². The Kier molecular flexibility index (Phi) is 8.44. The highest BCUT2D eigenvalue weighted by Gasteiger charge is 2.05. The average Bonchev–Trinajstić information content (AvgIpc) is 2.40. The molecule has 0 radical (unpaired) electrons. The Labute approximate surface area is 142 Å². The summed E-state index contributed by atoms with van der Waals surface area (Å²) < 4.78 is 1.00. The van der Waals surface area contributed by atoms with Crippen LogP contribution in [0.3, 0.4) is 0 Å². The summed E-state index contributed by atoms with van der Waals surface area (Å²) in [6, 6.07) is 5.11. The van der Waals surface area contributed by atoms with Gasteiger partial charge in [-0.05, 0) is 53.6 Å². The van der Waals surface area contributed by atoms with Crippen LogP contribution in [-0.4, -0.2) is 23.7 Å². The third kappa shape index (κ3) is 8.11. The highest BCUT2D eigenvalue weighted by Crippen LogP contribution is 2.23. The number of nitrogens with one attached hydrogen (secondary N) is 2. The Morgan fingerprint density at radius 2 is 1.90 bits per heavy atom. The van der Waals surface area contributed by atoms with E-state index in [1.54, 1.807) is 12.1 Å². The van der Waals surface area contributed by atoms with Gasteiger partial charge in [-0.1, -0.05) is 24.4 Å². The van der Waals surface area contributed by atoms with E-state index >= 15 is 0 Å². The Bertz CT molecular complexity index is 497. The van der Waals surface area contributed by atoms with Crippen molar-refractivity contribution in [3.05, 3.63) is 26.8 Å². The molecule has 0 aliphatic heterocycles. The van der Waals surface area contributed by atoms with Gasteiger partial charge in [0.05, 0.1) is 10.7 Å². The Morgan fingerprint density at radius 3 is 2.57 bits per heavy atom. The number of hydrogen-bond donors (Lipinski definition) is 3. The third-order valence-electron chi connectivity index (χ3n) is 2.78. The first-order valence-electron chi connectivity index (χ1n) is 6.70. The Balaban J connectivity index is 2.15. The van der Waals surface area contributed by atoms with Crippen LogP contribution >= 0.6 is 34.2 Å². The van der Waals surface area contributed by atoms with Gasteiger partial charge in [-0.15, -0.1) is 0 Å². The number of carboxylic acids is 1. The van der Waals surface area contributed by atoms with Gasteiger partial charge < -0.3 is 15.7 Å². The number of unbranched alkanes of at least 4 members (excludes halogenated alkanes) is 3. The molecule has 0 aromatic heterocycles. The fourth-order valence-corrected chi connectivity index (χ4v) is 2.62. The van der Waals surface area contributed by atoms with Crippen LogP contribution < -0.4 is 10.6 Å². The Morgan fingerprint density at radius 1 is 1.19 bits per heavy atom. The summed E-state index contributed by atoms with van der Waals surface area (Å²) in [7, 11) is 0. The van der Waals surface area contributed by atoms with E-state index in [2.05, 4.69) is 33.2 Å². The summed E-state index contributed by atoms with van der Waals surface area (Å²) >= 11 is 8.17. The molecule has 0 aliphatic carbocycles. The topological polar surface area (TPSA) is 78.4 Å². The molecule has 0 saturated heterocycles. The second-order valence-electron chi connectivity index (χ2n) is 4.56. The molecule has 21 heavy (non-hydrogen) atoms. The molecule has 3 N–H and O–H groups in total. The number of aliphatic carboxylic acids is 1. The average molecular weight is 425 g/mol. The van der Waals surface area contributed by atoms with E-state index in [9.17, 15) is 9.59 Å². The fourth-order valence-electron chi connectivity index (χ4n) is 1.71. The number of carbonyl (C=O) groups excluding carboxylic acids is 1. The highest BCUT2D eigenvalue weighted by atomic mass is 127. The van der Waals surface area contributed by atoms with Gasteiger partial charge in [-0.2, -0.15) is 0 Å². The second kappa shape index (κ2) is 9.83. The lowest BCUT2D eigenvalue weighted by Crippen LogP contribution is -2.29. The molecule has 5 nitrogen and oxygen atoms in total. The van der Waals surface area contributed by atoms with Crippen LogP contribution in [0, 0.1) is 3.57 Å². The number of hydrogen-bond acceptors (Lipinski definition) is 2. The van der Waals surface area contributed by atoms with Crippen LogP contribution in [-0.2, 0) is 4.79 Å². The normalized spacial score (nSPS) is 10.2. The van der Waals surface area contributed by atoms with Gasteiger partial charge in [0.15, 0.2) is 0 Å². The summed E-state index contributed by atoms with van der Waals surface area (Å²) in [6.45, 7) is 0.556. The van der Waals surface area contributed by atoms with Crippen molar-refractivity contribution < 1.29 is 14.7 Å². The monoisotopic (exact) mass is 424 g/mol. The molecule has 2 amide bonds. The van der Waals surface area contributed by atoms with Crippen LogP contribution in [0.25, 0.3) is 0 Å². The van der Waals surface area contributed by atoms with Crippen molar-refractivity contribution in [3.8, 4) is 0 Å². The zero-order valence-corrected chi connectivity index (χ0v) is 14.4. The molecule has 7 heteroatoms. The number of rotatable bonds is 8. The second-order valence-corrected chi connectivity index (χ2v) is 6.22. The van der Waals surface area contributed by atoms with Gasteiger partial charge in [0, 0.05) is 16.5 Å². The number of halogens is 2. The minimum Gasteiger partial charge on any atom is -0.481 e. The smallest absolute Gasteiger partial charge is 0.319 e. The predicted molar refractivity (Wildman–Crippen MR) is 91.9 cm³/mol. The summed E-state index contributed by atoms with van der Waals surface area (Å²) in [6.07, 6.45) is 3.48. The van der Waals surface area contributed by atoms with E-state index in [4.69, 9.17) is 16.7 Å². The quantitative estimate of drug-likeness (QED) is 0.434. The van der Waals surface area contributed by atoms with Crippen molar-refractivity contribution in [2.75, 3.05) is 11.9 Å².